The first-order valence-electron chi connectivity index (χ1n) is 9.49. The van der Waals surface area contributed by atoms with Crippen molar-refractivity contribution in [3.63, 3.8) is 0 Å². The highest BCUT2D eigenvalue weighted by Crippen LogP contribution is 2.31. The largest absolute Gasteiger partial charge is 0.458 e. The maximum atomic E-state index is 11.8. The highest BCUT2D eigenvalue weighted by molar-refractivity contribution is 5.87. The number of carbonyl (C=O) groups is 2. The number of benzene rings is 2. The first-order valence-corrected chi connectivity index (χ1v) is 9.49. The maximum Gasteiger partial charge on any atom is 0.303 e. The van der Waals surface area contributed by atoms with Crippen molar-refractivity contribution in [3.05, 3.63) is 60.3 Å². The van der Waals surface area contributed by atoms with Gasteiger partial charge in [0.05, 0.1) is 16.7 Å². The molecule has 0 bridgehead atoms. The Kier molecular flexibility index (Phi) is 5.14. The number of aromatic nitrogens is 4. The van der Waals surface area contributed by atoms with Crippen molar-refractivity contribution in [2.75, 3.05) is 0 Å². The van der Waals surface area contributed by atoms with Crippen LogP contribution in [0.2, 0.25) is 0 Å². The lowest BCUT2D eigenvalue weighted by Crippen LogP contribution is -2.26. The summed E-state index contributed by atoms with van der Waals surface area (Å²) in [4.78, 5) is 32.8. The zero-order chi connectivity index (χ0) is 21.3. The van der Waals surface area contributed by atoms with E-state index >= 15 is 0 Å². The normalized spacial score (nSPS) is 13.2. The Labute approximate surface area is 172 Å². The molecule has 0 aliphatic rings. The van der Waals surface area contributed by atoms with E-state index < -0.39 is 24.1 Å². The molecule has 0 radical (unpaired) electrons. The number of para-hydroxylation sites is 3. The molecule has 0 aliphatic heterocycles. The Morgan fingerprint density at radius 2 is 1.47 bits per heavy atom. The summed E-state index contributed by atoms with van der Waals surface area (Å²) in [6.45, 7) is 4.25. The molecule has 152 valence electrons. The molecule has 2 aromatic carbocycles. The summed E-state index contributed by atoms with van der Waals surface area (Å²) in [6.07, 6.45) is -1.70. The Bertz CT molecular complexity index is 1240. The summed E-state index contributed by atoms with van der Waals surface area (Å²) in [6, 6.07) is 16.9. The van der Waals surface area contributed by atoms with E-state index in [0.717, 1.165) is 5.69 Å². The Morgan fingerprint density at radius 1 is 0.867 bits per heavy atom. The molecule has 2 atom stereocenters. The van der Waals surface area contributed by atoms with Gasteiger partial charge in [-0.1, -0.05) is 30.3 Å². The Hall–Kier alpha value is -3.81. The number of fused-ring (bicyclic) bond motifs is 2. The molecule has 2 heterocycles. The Balaban J connectivity index is 1.98. The van der Waals surface area contributed by atoms with Crippen LogP contribution in [0, 0.1) is 0 Å². The van der Waals surface area contributed by atoms with Gasteiger partial charge in [-0.05, 0) is 31.2 Å². The number of ether oxygens (including phenoxy) is 2. The molecule has 4 aromatic rings. The van der Waals surface area contributed by atoms with Crippen molar-refractivity contribution in [2.24, 2.45) is 0 Å². The molecule has 0 amide bonds. The Morgan fingerprint density at radius 3 is 2.10 bits per heavy atom. The third-order valence-electron chi connectivity index (χ3n) is 4.54. The summed E-state index contributed by atoms with van der Waals surface area (Å²) < 4.78 is 12.5. The van der Waals surface area contributed by atoms with E-state index in [1.165, 1.54) is 13.8 Å². The lowest BCUT2D eigenvalue weighted by atomic mass is 10.1. The highest BCUT2D eigenvalue weighted by atomic mass is 16.6. The molecule has 30 heavy (non-hydrogen) atoms. The highest BCUT2D eigenvalue weighted by Gasteiger charge is 2.32. The molecule has 2 aromatic heterocycles. The summed E-state index contributed by atoms with van der Waals surface area (Å²) in [5.74, 6) is -1.00. The second-order valence-electron chi connectivity index (χ2n) is 6.86. The van der Waals surface area contributed by atoms with Gasteiger partial charge in [-0.2, -0.15) is 5.10 Å². The quantitative estimate of drug-likeness (QED) is 0.470. The SMILES string of the molecule is CC(=O)O[C@H](C)[C@@H](OC(C)=O)c1nn(-c2ccccc2)c2nc3ccccc3nc12. The molecule has 4 rings (SSSR count). The van der Waals surface area contributed by atoms with Crippen LogP contribution in [0.1, 0.15) is 32.6 Å². The second kappa shape index (κ2) is 7.90. The standard InChI is InChI=1S/C22H20N4O4/c1-13(29-14(2)27)21(30-15(3)28)19-20-22(24-18-12-8-7-11-17(18)23-20)26(25-19)16-9-5-4-6-10-16/h4-13,21H,1-3H3/t13-,21-/m1/s1. The number of esters is 2. The minimum atomic E-state index is -0.936. The van der Waals surface area contributed by atoms with E-state index in [-0.39, 0.29) is 0 Å². The van der Waals surface area contributed by atoms with Crippen LogP contribution in [0.4, 0.5) is 0 Å². The van der Waals surface area contributed by atoms with Gasteiger partial charge in [0.2, 0.25) is 0 Å². The lowest BCUT2D eigenvalue weighted by molar-refractivity contribution is -0.164. The fraction of sp³-hybridized carbons (Fsp3) is 0.227. The predicted octanol–water partition coefficient (Wildman–Crippen LogP) is 3.52. The molecule has 8 heteroatoms. The fourth-order valence-corrected chi connectivity index (χ4v) is 3.33. The molecule has 0 saturated carbocycles. The van der Waals surface area contributed by atoms with Gasteiger partial charge in [0.15, 0.2) is 11.8 Å². The molecule has 0 N–H and O–H groups in total. The van der Waals surface area contributed by atoms with Crippen LogP contribution in [0.15, 0.2) is 54.6 Å². The number of nitrogens with zero attached hydrogens (tertiary/aromatic N) is 4. The molecule has 0 spiro atoms. The fourth-order valence-electron chi connectivity index (χ4n) is 3.33. The van der Waals surface area contributed by atoms with Crippen LogP contribution in [0.3, 0.4) is 0 Å². The lowest BCUT2D eigenvalue weighted by Gasteiger charge is -2.21. The number of hydrogen-bond acceptors (Lipinski definition) is 7. The minimum Gasteiger partial charge on any atom is -0.458 e. The maximum absolute atomic E-state index is 11.8. The molecule has 0 unspecified atom stereocenters. The van der Waals surface area contributed by atoms with Gasteiger partial charge in [-0.15, -0.1) is 0 Å². The summed E-state index contributed by atoms with van der Waals surface area (Å²) >= 11 is 0. The van der Waals surface area contributed by atoms with Crippen molar-refractivity contribution in [1.82, 2.24) is 19.7 Å². The van der Waals surface area contributed by atoms with Gasteiger partial charge in [0.1, 0.15) is 17.3 Å². The first-order chi connectivity index (χ1) is 14.4. The number of hydrogen-bond donors (Lipinski definition) is 0. The second-order valence-corrected chi connectivity index (χ2v) is 6.86. The van der Waals surface area contributed by atoms with Crippen LogP contribution in [0.25, 0.3) is 27.9 Å². The zero-order valence-corrected chi connectivity index (χ0v) is 16.8. The monoisotopic (exact) mass is 404 g/mol. The van der Waals surface area contributed by atoms with Crippen molar-refractivity contribution in [2.45, 2.75) is 33.0 Å². The van der Waals surface area contributed by atoms with Crippen LogP contribution in [-0.2, 0) is 19.1 Å². The van der Waals surface area contributed by atoms with Gasteiger partial charge in [0, 0.05) is 13.8 Å². The number of carbonyl (C=O) groups excluding carboxylic acids is 2. The minimum absolute atomic E-state index is 0.371. The summed E-state index contributed by atoms with van der Waals surface area (Å²) in [5, 5.41) is 4.69. The summed E-state index contributed by atoms with van der Waals surface area (Å²) in [7, 11) is 0. The van der Waals surface area contributed by atoms with Crippen LogP contribution in [0.5, 0.6) is 0 Å². The molecule has 0 fully saturated rings. The van der Waals surface area contributed by atoms with Gasteiger partial charge < -0.3 is 9.47 Å². The van der Waals surface area contributed by atoms with Crippen LogP contribution in [-0.4, -0.2) is 37.8 Å². The van der Waals surface area contributed by atoms with Crippen molar-refractivity contribution in [1.29, 1.82) is 0 Å². The van der Waals surface area contributed by atoms with Crippen LogP contribution < -0.4 is 0 Å². The average Bonchev–Trinajstić information content (AvgIpc) is 3.08. The molecule has 0 saturated heterocycles. The number of rotatable bonds is 5. The molecular weight excluding hydrogens is 384 g/mol. The predicted molar refractivity (Wildman–Crippen MR) is 110 cm³/mol. The van der Waals surface area contributed by atoms with Crippen molar-refractivity contribution >= 4 is 34.1 Å². The zero-order valence-electron chi connectivity index (χ0n) is 16.8. The third-order valence-corrected chi connectivity index (χ3v) is 4.54. The molecule has 8 nitrogen and oxygen atoms in total. The van der Waals surface area contributed by atoms with Gasteiger partial charge in [-0.25, -0.2) is 14.6 Å². The average molecular weight is 404 g/mol. The van der Waals surface area contributed by atoms with Gasteiger partial charge >= 0.3 is 11.9 Å². The van der Waals surface area contributed by atoms with Crippen molar-refractivity contribution in [3.8, 4) is 5.69 Å². The van der Waals surface area contributed by atoms with Crippen molar-refractivity contribution < 1.29 is 19.1 Å². The van der Waals surface area contributed by atoms with E-state index in [0.29, 0.717) is 27.9 Å². The van der Waals surface area contributed by atoms with Gasteiger partial charge in [0.25, 0.3) is 0 Å². The smallest absolute Gasteiger partial charge is 0.303 e. The van der Waals surface area contributed by atoms with E-state index in [4.69, 9.17) is 19.4 Å². The first kappa shape index (κ1) is 19.5. The topological polar surface area (TPSA) is 96.2 Å². The molecule has 0 aliphatic carbocycles. The van der Waals surface area contributed by atoms with E-state index in [1.54, 1.807) is 11.6 Å². The van der Waals surface area contributed by atoms with Gasteiger partial charge in [-0.3, -0.25) is 9.59 Å². The summed E-state index contributed by atoms with van der Waals surface area (Å²) in [5.41, 5.74) is 3.53. The van der Waals surface area contributed by atoms with E-state index in [1.807, 2.05) is 54.6 Å². The third kappa shape index (κ3) is 3.71. The van der Waals surface area contributed by atoms with E-state index in [2.05, 4.69) is 5.10 Å². The molecular formula is C22H20N4O4. The van der Waals surface area contributed by atoms with Crippen LogP contribution >= 0.6 is 0 Å². The van der Waals surface area contributed by atoms with E-state index in [9.17, 15) is 9.59 Å².